The first-order valence-electron chi connectivity index (χ1n) is 9.58. The minimum atomic E-state index is -0.0869. The Morgan fingerprint density at radius 1 is 1.04 bits per heavy atom. The number of hydrogen-bond acceptors (Lipinski definition) is 4. The number of amides is 1. The Morgan fingerprint density at radius 2 is 1.77 bits per heavy atom. The fraction of sp³-hybridized carbons (Fsp3) is 0.429. The molecule has 1 saturated carbocycles. The number of hydrogen-bond donors (Lipinski definition) is 1. The first-order chi connectivity index (χ1) is 12.8. The van der Waals surface area contributed by atoms with Gasteiger partial charge in [-0.2, -0.15) is 0 Å². The van der Waals surface area contributed by atoms with Crippen molar-refractivity contribution in [3.05, 3.63) is 48.2 Å². The third-order valence-electron chi connectivity index (χ3n) is 5.15. The molecule has 0 unspecified atom stereocenters. The zero-order valence-electron chi connectivity index (χ0n) is 15.0. The molecule has 2 aromatic rings. The van der Waals surface area contributed by atoms with Gasteiger partial charge in [0, 0.05) is 35.1 Å². The maximum Gasteiger partial charge on any atom is 0.259 e. The molecule has 1 saturated heterocycles. The lowest BCUT2D eigenvalue weighted by molar-refractivity contribution is 0.102. The molecule has 136 valence electrons. The van der Waals surface area contributed by atoms with Crippen LogP contribution >= 0.6 is 11.8 Å². The van der Waals surface area contributed by atoms with Crippen LogP contribution in [0.3, 0.4) is 0 Å². The molecule has 1 aliphatic carbocycles. The predicted octanol–water partition coefficient (Wildman–Crippen LogP) is 4.97. The molecule has 0 radical (unpaired) electrons. The molecule has 4 rings (SSSR count). The van der Waals surface area contributed by atoms with Crippen LogP contribution < -0.4 is 10.2 Å². The number of anilines is 2. The molecule has 1 aromatic carbocycles. The van der Waals surface area contributed by atoms with E-state index in [1.165, 1.54) is 30.6 Å². The van der Waals surface area contributed by atoms with E-state index in [0.29, 0.717) is 5.56 Å². The van der Waals surface area contributed by atoms with Gasteiger partial charge in [-0.15, -0.1) is 11.8 Å². The van der Waals surface area contributed by atoms with Crippen molar-refractivity contribution in [2.75, 3.05) is 23.3 Å². The molecule has 0 spiro atoms. The molecule has 1 aliphatic heterocycles. The van der Waals surface area contributed by atoms with Gasteiger partial charge in [0.1, 0.15) is 5.82 Å². The Morgan fingerprint density at radius 3 is 2.50 bits per heavy atom. The molecule has 4 nitrogen and oxygen atoms in total. The molecular weight excluding hydrogens is 342 g/mol. The molecule has 0 atom stereocenters. The van der Waals surface area contributed by atoms with Gasteiger partial charge < -0.3 is 10.2 Å². The normalized spacial score (nSPS) is 17.6. The molecule has 2 aliphatic rings. The van der Waals surface area contributed by atoms with E-state index in [0.717, 1.165) is 42.7 Å². The third-order valence-corrected chi connectivity index (χ3v) is 6.50. The predicted molar refractivity (Wildman–Crippen MR) is 108 cm³/mol. The first-order valence-corrected chi connectivity index (χ1v) is 10.5. The lowest BCUT2D eigenvalue weighted by Gasteiger charge is -2.19. The van der Waals surface area contributed by atoms with Crippen LogP contribution in [0.5, 0.6) is 0 Å². The number of nitrogens with zero attached hydrogens (tertiary/aromatic N) is 2. The molecule has 0 bridgehead atoms. The average Bonchev–Trinajstić information content (AvgIpc) is 3.37. The number of thioether (sulfide) groups is 1. The molecule has 1 N–H and O–H groups in total. The van der Waals surface area contributed by atoms with Crippen molar-refractivity contribution < 1.29 is 4.79 Å². The van der Waals surface area contributed by atoms with Gasteiger partial charge in [0.05, 0.1) is 5.56 Å². The fourth-order valence-corrected chi connectivity index (χ4v) is 5.02. The number of rotatable bonds is 5. The average molecular weight is 368 g/mol. The van der Waals surface area contributed by atoms with E-state index in [1.807, 2.05) is 36.0 Å². The number of aromatic nitrogens is 1. The van der Waals surface area contributed by atoms with Gasteiger partial charge in [0.25, 0.3) is 5.91 Å². The van der Waals surface area contributed by atoms with Crippen LogP contribution in [-0.4, -0.2) is 29.2 Å². The van der Waals surface area contributed by atoms with Crippen LogP contribution in [0.25, 0.3) is 0 Å². The van der Waals surface area contributed by atoms with Gasteiger partial charge in [-0.3, -0.25) is 4.79 Å². The van der Waals surface area contributed by atoms with Crippen molar-refractivity contribution in [3.63, 3.8) is 0 Å². The summed E-state index contributed by atoms with van der Waals surface area (Å²) in [6, 6.07) is 11.9. The highest BCUT2D eigenvalue weighted by Crippen LogP contribution is 2.35. The van der Waals surface area contributed by atoms with Gasteiger partial charge in [0.15, 0.2) is 0 Å². The monoisotopic (exact) mass is 367 g/mol. The van der Waals surface area contributed by atoms with Crippen LogP contribution in [0.15, 0.2) is 47.5 Å². The molecule has 26 heavy (non-hydrogen) atoms. The highest BCUT2D eigenvalue weighted by atomic mass is 32.2. The van der Waals surface area contributed by atoms with Crippen molar-refractivity contribution in [3.8, 4) is 0 Å². The summed E-state index contributed by atoms with van der Waals surface area (Å²) >= 11 is 1.97. The molecular formula is C21H25N3OS. The second kappa shape index (κ2) is 8.12. The molecule has 1 aromatic heterocycles. The Labute approximate surface area is 159 Å². The maximum atomic E-state index is 12.8. The summed E-state index contributed by atoms with van der Waals surface area (Å²) in [5.41, 5.74) is 1.49. The number of benzene rings is 1. The molecule has 5 heteroatoms. The Bertz CT molecular complexity index is 750. The summed E-state index contributed by atoms with van der Waals surface area (Å²) in [7, 11) is 0. The summed E-state index contributed by atoms with van der Waals surface area (Å²) in [6.07, 6.45) is 9.45. The maximum absolute atomic E-state index is 12.8. The fourth-order valence-electron chi connectivity index (χ4n) is 3.77. The van der Waals surface area contributed by atoms with E-state index >= 15 is 0 Å². The minimum absolute atomic E-state index is 0.0869. The smallest absolute Gasteiger partial charge is 0.259 e. The second-order valence-corrected chi connectivity index (χ2v) is 8.45. The largest absolute Gasteiger partial charge is 0.356 e. The Balaban J connectivity index is 1.43. The molecule has 1 amide bonds. The van der Waals surface area contributed by atoms with E-state index in [-0.39, 0.29) is 5.91 Å². The van der Waals surface area contributed by atoms with Crippen LogP contribution in [0, 0.1) is 0 Å². The second-order valence-electron chi connectivity index (χ2n) is 7.07. The number of nitrogens with one attached hydrogen (secondary N) is 1. The van der Waals surface area contributed by atoms with Crippen LogP contribution in [0.4, 0.5) is 11.5 Å². The number of carbonyl (C=O) groups is 1. The van der Waals surface area contributed by atoms with Crippen molar-refractivity contribution in [2.24, 2.45) is 0 Å². The number of pyridine rings is 1. The lowest BCUT2D eigenvalue weighted by atomic mass is 10.2. The van der Waals surface area contributed by atoms with Crippen molar-refractivity contribution >= 4 is 29.2 Å². The van der Waals surface area contributed by atoms with Crippen LogP contribution in [0.1, 0.15) is 48.9 Å². The van der Waals surface area contributed by atoms with E-state index in [1.54, 1.807) is 6.20 Å². The zero-order chi connectivity index (χ0) is 17.8. The SMILES string of the molecule is O=C(Nc1ccc(SC2CCCC2)cc1)c1cccnc1N1CCCC1. The van der Waals surface area contributed by atoms with Crippen molar-refractivity contribution in [1.29, 1.82) is 0 Å². The quantitative estimate of drug-likeness (QED) is 0.810. The van der Waals surface area contributed by atoms with E-state index in [4.69, 9.17) is 0 Å². The van der Waals surface area contributed by atoms with Gasteiger partial charge in [-0.05, 0) is 62.1 Å². The van der Waals surface area contributed by atoms with Gasteiger partial charge in [-0.25, -0.2) is 4.98 Å². The van der Waals surface area contributed by atoms with Gasteiger partial charge in [-0.1, -0.05) is 12.8 Å². The van der Waals surface area contributed by atoms with Crippen molar-refractivity contribution in [2.45, 2.75) is 48.7 Å². The number of carbonyl (C=O) groups excluding carboxylic acids is 1. The van der Waals surface area contributed by atoms with E-state index in [9.17, 15) is 4.79 Å². The van der Waals surface area contributed by atoms with Crippen LogP contribution in [-0.2, 0) is 0 Å². The van der Waals surface area contributed by atoms with Gasteiger partial charge >= 0.3 is 0 Å². The Hall–Kier alpha value is -2.01. The lowest BCUT2D eigenvalue weighted by Crippen LogP contribution is -2.24. The highest BCUT2D eigenvalue weighted by molar-refractivity contribution is 8.00. The van der Waals surface area contributed by atoms with E-state index < -0.39 is 0 Å². The molecule has 2 heterocycles. The minimum Gasteiger partial charge on any atom is -0.356 e. The standard InChI is InChI=1S/C21H25N3OS/c25-21(19-8-5-13-22-20(19)24-14-3-4-15-24)23-16-9-11-18(12-10-16)26-17-6-1-2-7-17/h5,8-13,17H,1-4,6-7,14-15H2,(H,23,25). The van der Waals surface area contributed by atoms with Crippen molar-refractivity contribution in [1.82, 2.24) is 4.98 Å². The summed E-state index contributed by atoms with van der Waals surface area (Å²) in [5, 5.41) is 3.79. The summed E-state index contributed by atoms with van der Waals surface area (Å²) in [6.45, 7) is 1.95. The Kier molecular flexibility index (Phi) is 5.44. The molecule has 2 fully saturated rings. The highest BCUT2D eigenvalue weighted by Gasteiger charge is 2.21. The first kappa shape index (κ1) is 17.4. The summed E-state index contributed by atoms with van der Waals surface area (Å²) in [4.78, 5) is 20.7. The third kappa shape index (κ3) is 4.04. The summed E-state index contributed by atoms with van der Waals surface area (Å²) in [5.74, 6) is 0.715. The summed E-state index contributed by atoms with van der Waals surface area (Å²) < 4.78 is 0. The zero-order valence-corrected chi connectivity index (χ0v) is 15.8. The van der Waals surface area contributed by atoms with Gasteiger partial charge in [0.2, 0.25) is 0 Å². The topological polar surface area (TPSA) is 45.2 Å². The van der Waals surface area contributed by atoms with Crippen LogP contribution in [0.2, 0.25) is 0 Å². The van der Waals surface area contributed by atoms with E-state index in [2.05, 4.69) is 27.3 Å².